The van der Waals surface area contributed by atoms with Gasteiger partial charge in [-0.05, 0) is 45.1 Å². The smallest absolute Gasteiger partial charge is 0.326 e. The van der Waals surface area contributed by atoms with Crippen LogP contribution in [0, 0.1) is 0 Å². The van der Waals surface area contributed by atoms with Crippen molar-refractivity contribution >= 4 is 41.4 Å². The van der Waals surface area contributed by atoms with E-state index in [0.717, 1.165) is 0 Å². The number of nitrogens with two attached hydrogens (primary N) is 3. The fourth-order valence-electron chi connectivity index (χ4n) is 2.71. The lowest BCUT2D eigenvalue weighted by Crippen LogP contribution is -2.61. The molecule has 15 heteroatoms. The molecule has 0 heterocycles. The van der Waals surface area contributed by atoms with Gasteiger partial charge < -0.3 is 48.5 Å². The fourth-order valence-corrected chi connectivity index (χ4v) is 3.20. The number of thioether (sulfide) groups is 1. The highest BCUT2D eigenvalue weighted by Crippen LogP contribution is 2.04. The number of amides is 3. The van der Waals surface area contributed by atoms with Gasteiger partial charge in [-0.1, -0.05) is 0 Å². The molecule has 0 aromatic carbocycles. The largest absolute Gasteiger partial charge is 0.480 e. The van der Waals surface area contributed by atoms with Crippen molar-refractivity contribution in [2.75, 3.05) is 18.6 Å². The molecular weight excluding hydrogens is 470 g/mol. The molecule has 0 bridgehead atoms. The zero-order valence-electron chi connectivity index (χ0n) is 19.6. The Bertz CT molecular complexity index is 717. The zero-order valence-corrected chi connectivity index (χ0v) is 20.4. The van der Waals surface area contributed by atoms with Gasteiger partial charge in [0.1, 0.15) is 18.1 Å². The molecule has 0 saturated heterocycles. The molecule has 0 aromatic heterocycles. The highest BCUT2D eigenvalue weighted by atomic mass is 32.2. The maximum Gasteiger partial charge on any atom is 0.326 e. The molecule has 0 spiro atoms. The van der Waals surface area contributed by atoms with Crippen LogP contribution in [0.2, 0.25) is 0 Å². The molecule has 3 amide bonds. The van der Waals surface area contributed by atoms with E-state index in [1.165, 1.54) is 25.6 Å². The predicted molar refractivity (Wildman–Crippen MR) is 128 cm³/mol. The van der Waals surface area contributed by atoms with E-state index in [4.69, 9.17) is 17.2 Å². The molecule has 196 valence electrons. The number of hydrogen-bond donors (Lipinski definition) is 9. The van der Waals surface area contributed by atoms with Crippen molar-refractivity contribution < 1.29 is 34.5 Å². The van der Waals surface area contributed by atoms with Crippen LogP contribution < -0.4 is 33.2 Å². The van der Waals surface area contributed by atoms with E-state index < -0.39 is 60.1 Å². The maximum atomic E-state index is 12.7. The normalized spacial score (nSPS) is 16.2. The minimum absolute atomic E-state index is 0.0153. The fraction of sp³-hybridized carbons (Fsp3) is 0.737. The highest BCUT2D eigenvalue weighted by Gasteiger charge is 2.34. The number of nitrogens with zero attached hydrogens (tertiary/aromatic N) is 1. The van der Waals surface area contributed by atoms with Crippen LogP contribution in [0.15, 0.2) is 4.99 Å². The van der Waals surface area contributed by atoms with Crippen LogP contribution in [0.1, 0.15) is 33.1 Å². The summed E-state index contributed by atoms with van der Waals surface area (Å²) in [4.78, 5) is 52.8. The topological polar surface area (TPSA) is 255 Å². The summed E-state index contributed by atoms with van der Waals surface area (Å²) in [6, 6.07) is -5.26. The molecule has 0 radical (unpaired) electrons. The average molecular weight is 508 g/mol. The van der Waals surface area contributed by atoms with Gasteiger partial charge >= 0.3 is 5.97 Å². The number of rotatable bonds is 16. The summed E-state index contributed by atoms with van der Waals surface area (Å²) < 4.78 is 0. The summed E-state index contributed by atoms with van der Waals surface area (Å²) in [5, 5.41) is 36.2. The minimum atomic E-state index is -1.56. The SMILES string of the molecule is CSCCC(N)C(=O)NC(C(=O)NC(C(=O)NC(CCCN=C(N)N)C(=O)O)C(C)O)C(C)O. The number of carbonyl (C=O) groups excluding carboxylic acids is 3. The van der Waals surface area contributed by atoms with Crippen molar-refractivity contribution in [1.29, 1.82) is 0 Å². The lowest BCUT2D eigenvalue weighted by molar-refractivity contribution is -0.143. The number of hydrogen-bond acceptors (Lipinski definition) is 9. The molecule has 6 atom stereocenters. The quantitative estimate of drug-likeness (QED) is 0.0560. The van der Waals surface area contributed by atoms with Gasteiger partial charge in [0.25, 0.3) is 0 Å². The number of carbonyl (C=O) groups is 4. The van der Waals surface area contributed by atoms with E-state index in [0.29, 0.717) is 12.2 Å². The van der Waals surface area contributed by atoms with Crippen molar-refractivity contribution in [1.82, 2.24) is 16.0 Å². The van der Waals surface area contributed by atoms with E-state index >= 15 is 0 Å². The van der Waals surface area contributed by atoms with Crippen molar-refractivity contribution in [2.45, 2.75) is 69.5 Å². The van der Waals surface area contributed by atoms with E-state index in [2.05, 4.69) is 20.9 Å². The predicted octanol–water partition coefficient (Wildman–Crippen LogP) is -3.58. The number of nitrogens with one attached hydrogen (secondary N) is 3. The Kier molecular flexibility index (Phi) is 14.8. The highest BCUT2D eigenvalue weighted by molar-refractivity contribution is 7.98. The Morgan fingerprint density at radius 2 is 1.41 bits per heavy atom. The second kappa shape index (κ2) is 16.1. The second-order valence-corrected chi connectivity index (χ2v) is 8.68. The Morgan fingerprint density at radius 3 is 1.85 bits per heavy atom. The van der Waals surface area contributed by atoms with E-state index in [1.807, 2.05) is 6.26 Å². The molecule has 0 rings (SSSR count). The number of aliphatic hydroxyl groups excluding tert-OH is 2. The summed E-state index contributed by atoms with van der Waals surface area (Å²) >= 11 is 1.49. The summed E-state index contributed by atoms with van der Waals surface area (Å²) in [6.45, 7) is 2.62. The Morgan fingerprint density at radius 1 is 0.912 bits per heavy atom. The molecule has 0 fully saturated rings. The van der Waals surface area contributed by atoms with Gasteiger partial charge in [-0.25, -0.2) is 4.79 Å². The van der Waals surface area contributed by atoms with Crippen LogP contribution in [0.4, 0.5) is 0 Å². The lowest BCUT2D eigenvalue weighted by Gasteiger charge is -2.27. The van der Waals surface area contributed by atoms with E-state index in [1.54, 1.807) is 0 Å². The van der Waals surface area contributed by atoms with Crippen molar-refractivity contribution in [3.63, 3.8) is 0 Å². The Balaban J connectivity index is 5.26. The van der Waals surface area contributed by atoms with Gasteiger partial charge in [0, 0.05) is 6.54 Å². The first kappa shape index (κ1) is 31.4. The van der Waals surface area contributed by atoms with Gasteiger partial charge in [0.2, 0.25) is 17.7 Å². The summed E-state index contributed by atoms with van der Waals surface area (Å²) in [5.74, 6) is -3.47. The van der Waals surface area contributed by atoms with Crippen LogP contribution in [0.3, 0.4) is 0 Å². The molecule has 6 unspecified atom stereocenters. The van der Waals surface area contributed by atoms with Crippen LogP contribution in [-0.2, 0) is 19.2 Å². The van der Waals surface area contributed by atoms with Crippen LogP contribution in [0.25, 0.3) is 0 Å². The third-order valence-electron chi connectivity index (χ3n) is 4.65. The molecule has 34 heavy (non-hydrogen) atoms. The van der Waals surface area contributed by atoms with Gasteiger partial charge in [-0.3, -0.25) is 19.4 Å². The third-order valence-corrected chi connectivity index (χ3v) is 5.30. The van der Waals surface area contributed by atoms with Crippen molar-refractivity contribution in [2.24, 2.45) is 22.2 Å². The number of carboxylic acids is 1. The van der Waals surface area contributed by atoms with Crippen molar-refractivity contribution in [3.8, 4) is 0 Å². The monoisotopic (exact) mass is 507 g/mol. The Hall–Kier alpha value is -2.62. The van der Waals surface area contributed by atoms with Crippen LogP contribution in [-0.4, -0.2) is 99.9 Å². The molecule has 12 N–H and O–H groups in total. The standard InChI is InChI=1S/C19H37N7O7S/c1-9(27)13(16(30)24-12(18(32)33)5-4-7-23-19(21)22)26-17(31)14(10(2)28)25-15(29)11(20)6-8-34-3/h9-14,27-28H,4-8,20H2,1-3H3,(H,24,30)(H,25,29)(H,26,31)(H,32,33)(H4,21,22,23). The summed E-state index contributed by atoms with van der Waals surface area (Å²) in [7, 11) is 0. The zero-order chi connectivity index (χ0) is 26.4. The summed E-state index contributed by atoms with van der Waals surface area (Å²) in [5.41, 5.74) is 16.2. The van der Waals surface area contributed by atoms with Crippen LogP contribution in [0.5, 0.6) is 0 Å². The molecule has 0 aliphatic carbocycles. The molecular formula is C19H37N7O7S. The molecule has 14 nitrogen and oxygen atoms in total. The van der Waals surface area contributed by atoms with Gasteiger partial charge in [0.05, 0.1) is 18.2 Å². The first-order valence-electron chi connectivity index (χ1n) is 10.6. The molecule has 0 saturated carbocycles. The Labute approximate surface area is 202 Å². The minimum Gasteiger partial charge on any atom is -0.480 e. The molecule has 0 aromatic rings. The van der Waals surface area contributed by atoms with E-state index in [-0.39, 0.29) is 25.3 Å². The maximum absolute atomic E-state index is 12.7. The second-order valence-electron chi connectivity index (χ2n) is 7.69. The first-order chi connectivity index (χ1) is 15.8. The van der Waals surface area contributed by atoms with Crippen molar-refractivity contribution in [3.05, 3.63) is 0 Å². The van der Waals surface area contributed by atoms with Gasteiger partial charge in [-0.2, -0.15) is 11.8 Å². The number of aliphatic imine (C=N–C) groups is 1. The summed E-state index contributed by atoms with van der Waals surface area (Å²) in [6.07, 6.45) is -0.353. The van der Waals surface area contributed by atoms with E-state index in [9.17, 15) is 34.5 Å². The first-order valence-corrected chi connectivity index (χ1v) is 12.0. The average Bonchev–Trinajstić information content (AvgIpc) is 2.74. The number of carboxylic acid groups (broad SMARTS) is 1. The lowest BCUT2D eigenvalue weighted by atomic mass is 10.1. The number of aliphatic carboxylic acids is 1. The number of aliphatic hydroxyl groups is 2. The third kappa shape index (κ3) is 12.0. The molecule has 0 aliphatic heterocycles. The van der Waals surface area contributed by atoms with Gasteiger partial charge in [0.15, 0.2) is 5.96 Å². The van der Waals surface area contributed by atoms with Gasteiger partial charge in [-0.15, -0.1) is 0 Å². The molecule has 0 aliphatic rings. The number of guanidine groups is 1. The van der Waals surface area contributed by atoms with Crippen LogP contribution >= 0.6 is 11.8 Å².